The Morgan fingerprint density at radius 1 is 1.28 bits per heavy atom. The summed E-state index contributed by atoms with van der Waals surface area (Å²) in [6, 6.07) is 6.59. The fraction of sp³-hybridized carbons (Fsp3) is 0.318. The molecule has 14 heteroatoms. The zero-order chi connectivity index (χ0) is 25.2. The third kappa shape index (κ3) is 4.95. The second-order valence-corrected chi connectivity index (χ2v) is 10.4. The largest absolute Gasteiger partial charge is 0.394 e. The summed E-state index contributed by atoms with van der Waals surface area (Å²) in [5.41, 5.74) is 7.45. The average Bonchev–Trinajstić information content (AvgIpc) is 3.54. The summed E-state index contributed by atoms with van der Waals surface area (Å²) in [4.78, 5) is 13.8. The van der Waals surface area contributed by atoms with Crippen LogP contribution in [-0.2, 0) is 9.47 Å². The minimum Gasteiger partial charge on any atom is -0.394 e. The van der Waals surface area contributed by atoms with Crippen LogP contribution in [0.5, 0.6) is 0 Å². The van der Waals surface area contributed by atoms with Crippen molar-refractivity contribution in [2.75, 3.05) is 19.5 Å². The van der Waals surface area contributed by atoms with E-state index in [2.05, 4.69) is 25.3 Å². The first-order valence-corrected chi connectivity index (χ1v) is 13.0. The molecule has 5 rings (SSSR count). The lowest BCUT2D eigenvalue weighted by molar-refractivity contribution is -0.186. The van der Waals surface area contributed by atoms with E-state index in [1.165, 1.54) is 34.9 Å². The van der Waals surface area contributed by atoms with Crippen LogP contribution >= 0.6 is 34.7 Å². The monoisotopic (exact) mass is 547 g/mol. The van der Waals surface area contributed by atoms with E-state index in [1.807, 2.05) is 18.2 Å². The summed E-state index contributed by atoms with van der Waals surface area (Å²) in [7, 11) is 1.52. The molecule has 0 saturated carbocycles. The van der Waals surface area contributed by atoms with E-state index in [0.717, 1.165) is 0 Å². The molecule has 5 heterocycles. The van der Waals surface area contributed by atoms with Crippen molar-refractivity contribution >= 4 is 39.8 Å². The first kappa shape index (κ1) is 25.0. The molecule has 4 aromatic heterocycles. The van der Waals surface area contributed by atoms with Crippen LogP contribution in [0.1, 0.15) is 6.04 Å². The van der Waals surface area contributed by atoms with Crippen molar-refractivity contribution in [2.24, 2.45) is 0 Å². The number of methoxy groups -OCH3 is 1. The number of thiazole rings is 1. The summed E-state index contributed by atoms with van der Waals surface area (Å²) in [5.74, 6) is 0. The molecule has 11 nitrogen and oxygen atoms in total. The third-order valence-corrected chi connectivity index (χ3v) is 7.72. The molecular weight excluding hydrogens is 526 g/mol. The van der Waals surface area contributed by atoms with Gasteiger partial charge in [0, 0.05) is 29.8 Å². The number of nitrogen functional groups attached to an aromatic ring is 1. The fourth-order valence-electron chi connectivity index (χ4n) is 3.98. The van der Waals surface area contributed by atoms with Gasteiger partial charge in [0.1, 0.15) is 46.9 Å². The van der Waals surface area contributed by atoms with Gasteiger partial charge in [-0.25, -0.2) is 9.67 Å². The van der Waals surface area contributed by atoms with Gasteiger partial charge in [-0.05, 0) is 18.2 Å². The molecule has 0 radical (unpaired) electrons. The Labute approximate surface area is 219 Å². The minimum absolute atomic E-state index is 0.407. The second-order valence-electron chi connectivity index (χ2n) is 7.89. The number of thioether (sulfide) groups is 1. The first-order chi connectivity index (χ1) is 17.5. The molecule has 36 heavy (non-hydrogen) atoms. The van der Waals surface area contributed by atoms with E-state index in [-0.39, 0.29) is 0 Å². The maximum absolute atomic E-state index is 11.1. The van der Waals surface area contributed by atoms with Crippen LogP contribution in [0.3, 0.4) is 0 Å². The molecule has 4 N–H and O–H groups in total. The Morgan fingerprint density at radius 3 is 2.83 bits per heavy atom. The predicted molar refractivity (Wildman–Crippen MR) is 135 cm³/mol. The van der Waals surface area contributed by atoms with Crippen LogP contribution in [0.25, 0.3) is 22.8 Å². The number of pyridine rings is 2. The number of aliphatic hydroxyl groups is 2. The highest BCUT2D eigenvalue weighted by Gasteiger charge is 2.47. The lowest BCUT2D eigenvalue weighted by Gasteiger charge is -2.43. The number of hydrogen-bond donors (Lipinski definition) is 3. The van der Waals surface area contributed by atoms with Gasteiger partial charge < -0.3 is 25.4 Å². The topological polar surface area (TPSA) is 154 Å². The van der Waals surface area contributed by atoms with E-state index < -0.39 is 36.4 Å². The summed E-state index contributed by atoms with van der Waals surface area (Å²) >= 11 is 8.88. The van der Waals surface area contributed by atoms with Crippen LogP contribution in [-0.4, -0.2) is 77.6 Å². The van der Waals surface area contributed by atoms with Crippen molar-refractivity contribution in [1.29, 1.82) is 0 Å². The van der Waals surface area contributed by atoms with Crippen molar-refractivity contribution < 1.29 is 19.7 Å². The van der Waals surface area contributed by atoms with Gasteiger partial charge in [-0.2, -0.15) is 0 Å². The zero-order valence-corrected chi connectivity index (χ0v) is 21.3. The molecule has 1 aliphatic rings. The van der Waals surface area contributed by atoms with Gasteiger partial charge in [0.05, 0.1) is 23.5 Å². The smallest absolute Gasteiger partial charge is 0.180 e. The highest BCUT2D eigenvalue weighted by atomic mass is 35.5. The van der Waals surface area contributed by atoms with Crippen molar-refractivity contribution in [3.8, 4) is 22.8 Å². The van der Waals surface area contributed by atoms with Gasteiger partial charge in [0.25, 0.3) is 0 Å². The van der Waals surface area contributed by atoms with Crippen molar-refractivity contribution in [1.82, 2.24) is 29.9 Å². The zero-order valence-electron chi connectivity index (χ0n) is 18.9. The number of rotatable bonds is 7. The maximum Gasteiger partial charge on any atom is 0.180 e. The van der Waals surface area contributed by atoms with Gasteiger partial charge in [0.2, 0.25) is 0 Å². The van der Waals surface area contributed by atoms with E-state index in [1.54, 1.807) is 30.0 Å². The molecule has 0 aliphatic carbocycles. The fourth-order valence-corrected chi connectivity index (χ4v) is 6.08. The van der Waals surface area contributed by atoms with Gasteiger partial charge >= 0.3 is 0 Å². The Kier molecular flexibility index (Phi) is 7.48. The number of aliphatic hydroxyl groups excluding tert-OH is 2. The maximum atomic E-state index is 11.1. The Balaban J connectivity index is 1.49. The summed E-state index contributed by atoms with van der Waals surface area (Å²) in [6.45, 7) is -0.407. The molecular formula is C22H22ClN7O4S2. The third-order valence-electron chi connectivity index (χ3n) is 5.67. The van der Waals surface area contributed by atoms with Crippen LogP contribution in [0.2, 0.25) is 5.02 Å². The van der Waals surface area contributed by atoms with E-state index in [9.17, 15) is 10.2 Å². The number of hydrogen-bond acceptors (Lipinski definition) is 12. The number of ether oxygens (including phenoxy) is 2. The van der Waals surface area contributed by atoms with Gasteiger partial charge in [0.15, 0.2) is 5.13 Å². The van der Waals surface area contributed by atoms with Crippen LogP contribution < -0.4 is 5.73 Å². The SMILES string of the molecule is COC1C(n2cc(-c3csc(N)n3)nn2)[C@@H](O)C(CO)O[C@@H]1Sc1cc(Cl)cnc1-c1ccccn1. The summed E-state index contributed by atoms with van der Waals surface area (Å²) in [5, 5.41) is 32.1. The number of aromatic nitrogens is 6. The van der Waals surface area contributed by atoms with E-state index in [4.69, 9.17) is 26.8 Å². The van der Waals surface area contributed by atoms with Crippen molar-refractivity contribution in [2.45, 2.75) is 34.7 Å². The standard InChI is InChI=1S/C22H22ClN7O4S2/c1-33-20-18(30-8-13(28-29-30)14-10-35-22(24)27-14)19(32)15(9-31)34-21(20)36-16-6-11(23)7-26-17(16)12-4-2-3-5-25-12/h2-8,10,15,18-21,31-32H,9H2,1H3,(H2,24,27)/t15?,18?,19-,20?,21+/m0/s1. The van der Waals surface area contributed by atoms with Gasteiger partial charge in [-0.3, -0.25) is 9.97 Å². The normalized spacial score (nSPS) is 24.2. The molecule has 1 saturated heterocycles. The summed E-state index contributed by atoms with van der Waals surface area (Å²) in [6.07, 6.45) is 2.19. The molecule has 188 valence electrons. The second kappa shape index (κ2) is 10.8. The Morgan fingerprint density at radius 2 is 2.14 bits per heavy atom. The quantitative estimate of drug-likeness (QED) is 0.312. The van der Waals surface area contributed by atoms with Crippen LogP contribution in [0.4, 0.5) is 5.13 Å². The number of nitrogens with two attached hydrogens (primary N) is 1. The average molecular weight is 548 g/mol. The predicted octanol–water partition coefficient (Wildman–Crippen LogP) is 2.52. The molecule has 4 aromatic rings. The molecule has 1 aliphatic heterocycles. The number of halogens is 1. The molecule has 0 spiro atoms. The molecule has 5 atom stereocenters. The lowest BCUT2D eigenvalue weighted by atomic mass is 9.97. The molecule has 0 aromatic carbocycles. The Bertz CT molecular complexity index is 1320. The highest BCUT2D eigenvalue weighted by molar-refractivity contribution is 8.00. The van der Waals surface area contributed by atoms with E-state index in [0.29, 0.717) is 37.8 Å². The molecule has 0 bridgehead atoms. The molecule has 0 amide bonds. The number of nitrogens with zero attached hydrogens (tertiary/aromatic N) is 6. The molecule has 3 unspecified atom stereocenters. The number of anilines is 1. The van der Waals surface area contributed by atoms with Crippen LogP contribution in [0, 0.1) is 0 Å². The Hall–Kier alpha value is -2.65. The van der Waals surface area contributed by atoms with Gasteiger partial charge in [-0.15, -0.1) is 16.4 Å². The first-order valence-electron chi connectivity index (χ1n) is 10.8. The molecule has 1 fully saturated rings. The van der Waals surface area contributed by atoms with Crippen molar-refractivity contribution in [3.63, 3.8) is 0 Å². The minimum atomic E-state index is -1.13. The van der Waals surface area contributed by atoms with Crippen LogP contribution in [0.15, 0.2) is 53.1 Å². The van der Waals surface area contributed by atoms with Gasteiger partial charge in [-0.1, -0.05) is 34.6 Å². The highest BCUT2D eigenvalue weighted by Crippen LogP contribution is 2.42. The summed E-state index contributed by atoms with van der Waals surface area (Å²) < 4.78 is 13.4. The van der Waals surface area contributed by atoms with E-state index >= 15 is 0 Å². The van der Waals surface area contributed by atoms with Crippen molar-refractivity contribution in [3.05, 3.63) is 53.3 Å². The lowest BCUT2D eigenvalue weighted by Crippen LogP contribution is -2.55.